The van der Waals surface area contributed by atoms with Crippen LogP contribution in [0.2, 0.25) is 0 Å². The fourth-order valence-corrected chi connectivity index (χ4v) is 6.55. The number of halogens is 2. The van der Waals surface area contributed by atoms with E-state index in [1.54, 1.807) is 0 Å². The molecule has 2 heterocycles. The molecule has 1 fully saturated rings. The van der Waals surface area contributed by atoms with Crippen molar-refractivity contribution < 1.29 is 22.0 Å². The zero-order chi connectivity index (χ0) is 22.3. The van der Waals surface area contributed by atoms with Gasteiger partial charge in [-0.3, -0.25) is 9.79 Å². The monoisotopic (exact) mass is 465 g/mol. The highest BCUT2D eigenvalue weighted by molar-refractivity contribution is 8.14. The molecule has 6 nitrogen and oxygen atoms in total. The average molecular weight is 466 g/mol. The number of thioether (sulfide) groups is 1. The maximum atomic E-state index is 14.5. The van der Waals surface area contributed by atoms with Crippen molar-refractivity contribution in [3.8, 4) is 0 Å². The van der Waals surface area contributed by atoms with Gasteiger partial charge >= 0.3 is 0 Å². The molecule has 1 N–H and O–H groups in total. The van der Waals surface area contributed by atoms with Gasteiger partial charge in [-0.1, -0.05) is 23.9 Å². The first-order valence-corrected chi connectivity index (χ1v) is 12.5. The molecule has 0 bridgehead atoms. The average Bonchev–Trinajstić information content (AvgIpc) is 3.15. The van der Waals surface area contributed by atoms with Gasteiger partial charge in [0.2, 0.25) is 5.91 Å². The summed E-state index contributed by atoms with van der Waals surface area (Å²) in [5, 5.41) is 3.21. The molecule has 0 saturated carbocycles. The van der Waals surface area contributed by atoms with Crippen LogP contribution >= 0.6 is 11.8 Å². The number of nitrogens with one attached hydrogen (secondary N) is 1. The van der Waals surface area contributed by atoms with Gasteiger partial charge in [0.15, 0.2) is 15.0 Å². The van der Waals surface area contributed by atoms with E-state index in [9.17, 15) is 22.0 Å². The van der Waals surface area contributed by atoms with Crippen molar-refractivity contribution in [1.82, 2.24) is 0 Å². The number of hydrogen-bond acceptors (Lipinski definition) is 6. The van der Waals surface area contributed by atoms with E-state index in [1.807, 2.05) is 32.0 Å². The number of anilines is 2. The molecule has 4 rings (SSSR count). The minimum Gasteiger partial charge on any atom is -0.325 e. The van der Waals surface area contributed by atoms with Gasteiger partial charge in [-0.2, -0.15) is 0 Å². The van der Waals surface area contributed by atoms with Crippen molar-refractivity contribution >= 4 is 44.0 Å². The number of aliphatic imine (C=N–C) groups is 1. The van der Waals surface area contributed by atoms with Crippen molar-refractivity contribution in [3.05, 3.63) is 59.2 Å². The Labute approximate surface area is 183 Å². The minimum absolute atomic E-state index is 0.0116. The van der Waals surface area contributed by atoms with Crippen LogP contribution in [-0.4, -0.2) is 48.8 Å². The topological polar surface area (TPSA) is 78.8 Å². The van der Waals surface area contributed by atoms with Crippen LogP contribution in [0, 0.1) is 25.5 Å². The van der Waals surface area contributed by atoms with E-state index in [2.05, 4.69) is 10.3 Å². The molecule has 164 valence electrons. The number of amidine groups is 1. The highest BCUT2D eigenvalue weighted by Crippen LogP contribution is 2.36. The van der Waals surface area contributed by atoms with Gasteiger partial charge in [-0.15, -0.1) is 0 Å². The summed E-state index contributed by atoms with van der Waals surface area (Å²) < 4.78 is 52.1. The zero-order valence-corrected chi connectivity index (χ0v) is 18.6. The predicted octanol–water partition coefficient (Wildman–Crippen LogP) is 3.30. The molecule has 0 aliphatic carbocycles. The second kappa shape index (κ2) is 8.23. The van der Waals surface area contributed by atoms with Crippen LogP contribution in [-0.2, 0) is 14.6 Å². The van der Waals surface area contributed by atoms with Crippen molar-refractivity contribution in [2.75, 3.05) is 27.5 Å². The van der Waals surface area contributed by atoms with E-state index >= 15 is 0 Å². The van der Waals surface area contributed by atoms with Gasteiger partial charge in [0, 0.05) is 11.8 Å². The lowest BCUT2D eigenvalue weighted by Gasteiger charge is -2.26. The number of carbonyl (C=O) groups excluding carboxylic acids is 1. The minimum atomic E-state index is -3.31. The highest BCUT2D eigenvalue weighted by Gasteiger charge is 2.47. The summed E-state index contributed by atoms with van der Waals surface area (Å²) in [6.45, 7) is 3.87. The fourth-order valence-electron chi connectivity index (χ4n) is 3.79. The largest absolute Gasteiger partial charge is 0.325 e. The Balaban J connectivity index is 1.54. The Bertz CT molecular complexity index is 1180. The third-order valence-electron chi connectivity index (χ3n) is 5.49. The number of carbonyl (C=O) groups is 1. The van der Waals surface area contributed by atoms with Crippen molar-refractivity contribution in [3.63, 3.8) is 0 Å². The van der Waals surface area contributed by atoms with Crippen molar-refractivity contribution in [2.24, 2.45) is 4.99 Å². The van der Waals surface area contributed by atoms with Crippen LogP contribution in [0.25, 0.3) is 0 Å². The number of aryl methyl sites for hydroxylation is 1. The summed E-state index contributed by atoms with van der Waals surface area (Å²) in [5.74, 6) is -2.08. The lowest BCUT2D eigenvalue weighted by Crippen LogP contribution is -2.40. The summed E-state index contributed by atoms with van der Waals surface area (Å²) >= 11 is 1.10. The molecule has 2 aromatic rings. The first-order chi connectivity index (χ1) is 14.6. The summed E-state index contributed by atoms with van der Waals surface area (Å²) in [6, 6.07) is 7.64. The molecule has 0 spiro atoms. The number of benzene rings is 2. The van der Waals surface area contributed by atoms with Crippen LogP contribution in [0.5, 0.6) is 0 Å². The third-order valence-corrected chi connectivity index (χ3v) is 8.15. The van der Waals surface area contributed by atoms with Gasteiger partial charge in [0.1, 0.15) is 11.6 Å². The van der Waals surface area contributed by atoms with E-state index in [1.165, 1.54) is 11.0 Å². The first-order valence-electron chi connectivity index (χ1n) is 9.66. The molecule has 2 aromatic carbocycles. The first kappa shape index (κ1) is 21.8. The van der Waals surface area contributed by atoms with Gasteiger partial charge in [0.25, 0.3) is 0 Å². The molecule has 2 atom stereocenters. The molecule has 1 amide bonds. The summed E-state index contributed by atoms with van der Waals surface area (Å²) in [7, 11) is -3.31. The van der Waals surface area contributed by atoms with Crippen LogP contribution in [0.3, 0.4) is 0 Å². The van der Waals surface area contributed by atoms with Crippen LogP contribution < -0.4 is 10.2 Å². The molecule has 31 heavy (non-hydrogen) atoms. The van der Waals surface area contributed by atoms with Crippen molar-refractivity contribution in [1.29, 1.82) is 0 Å². The molecule has 2 aliphatic heterocycles. The Kier molecular flexibility index (Phi) is 5.78. The summed E-state index contributed by atoms with van der Waals surface area (Å²) in [5.41, 5.74) is 2.78. The molecule has 0 radical (unpaired) electrons. The highest BCUT2D eigenvalue weighted by atomic mass is 32.2. The molecular formula is C21H21F2N3O3S2. The number of sulfone groups is 1. The maximum Gasteiger partial charge on any atom is 0.234 e. The number of hydrogen-bond donors (Lipinski definition) is 1. The van der Waals surface area contributed by atoms with Gasteiger partial charge < -0.3 is 10.2 Å². The smallest absolute Gasteiger partial charge is 0.234 e. The Morgan fingerprint density at radius 2 is 2.00 bits per heavy atom. The van der Waals surface area contributed by atoms with E-state index in [-0.39, 0.29) is 28.9 Å². The Hall–Kier alpha value is -2.46. The molecule has 0 unspecified atom stereocenters. The molecule has 1 saturated heterocycles. The fraction of sp³-hybridized carbons (Fsp3) is 0.333. The normalized spacial score (nSPS) is 21.7. The maximum absolute atomic E-state index is 14.5. The Morgan fingerprint density at radius 1 is 1.23 bits per heavy atom. The summed E-state index contributed by atoms with van der Waals surface area (Å²) in [4.78, 5) is 18.5. The molecule has 2 aliphatic rings. The van der Waals surface area contributed by atoms with E-state index < -0.39 is 33.6 Å². The lowest BCUT2D eigenvalue weighted by molar-refractivity contribution is -0.113. The molecule has 0 aromatic heterocycles. The van der Waals surface area contributed by atoms with Crippen molar-refractivity contribution in [2.45, 2.75) is 25.9 Å². The van der Waals surface area contributed by atoms with Gasteiger partial charge in [-0.25, -0.2) is 17.2 Å². The lowest BCUT2D eigenvalue weighted by atomic mass is 10.1. The zero-order valence-electron chi connectivity index (χ0n) is 16.9. The standard InChI is InChI=1S/C21H21F2N3O3S2/c1-12-4-3-5-16(13(12)2)24-20(27)9-30-21-25-17-10-31(28,29)11-19(17)26(21)18-7-6-14(22)8-15(18)23/h3-8,17,19H,9-11H2,1-2H3,(H,24,27)/t17-,19+/m0/s1. The van der Waals surface area contributed by atoms with Crippen LogP contribution in [0.1, 0.15) is 11.1 Å². The van der Waals surface area contributed by atoms with E-state index in [0.717, 1.165) is 35.0 Å². The number of amides is 1. The van der Waals surface area contributed by atoms with E-state index in [0.29, 0.717) is 10.9 Å². The number of nitrogens with zero attached hydrogens (tertiary/aromatic N) is 2. The molecular weight excluding hydrogens is 444 g/mol. The second-order valence-electron chi connectivity index (χ2n) is 7.67. The van der Waals surface area contributed by atoms with Crippen LogP contribution in [0.15, 0.2) is 41.4 Å². The van der Waals surface area contributed by atoms with Gasteiger partial charge in [-0.05, 0) is 43.2 Å². The third kappa shape index (κ3) is 4.45. The summed E-state index contributed by atoms with van der Waals surface area (Å²) in [6.07, 6.45) is 0. The predicted molar refractivity (Wildman–Crippen MR) is 120 cm³/mol. The van der Waals surface area contributed by atoms with E-state index in [4.69, 9.17) is 0 Å². The SMILES string of the molecule is Cc1cccc(NC(=O)CSC2=N[C@H]3CS(=O)(=O)C[C@H]3N2c2ccc(F)cc2F)c1C. The van der Waals surface area contributed by atoms with Gasteiger partial charge in [0.05, 0.1) is 35.0 Å². The quantitative estimate of drug-likeness (QED) is 0.750. The number of fused-ring (bicyclic) bond motifs is 1. The molecule has 10 heteroatoms. The Morgan fingerprint density at radius 3 is 2.74 bits per heavy atom. The van der Waals surface area contributed by atoms with Crippen LogP contribution in [0.4, 0.5) is 20.2 Å². The number of rotatable bonds is 4. The second-order valence-corrected chi connectivity index (χ2v) is 10.8.